The molecular formula is C14H20BrNO. The van der Waals surface area contributed by atoms with E-state index < -0.39 is 0 Å². The van der Waals surface area contributed by atoms with Crippen molar-refractivity contribution in [2.45, 2.75) is 45.2 Å². The normalized spacial score (nSPS) is 16.9. The molecule has 1 N–H and O–H groups in total. The van der Waals surface area contributed by atoms with Crippen molar-refractivity contribution in [2.75, 3.05) is 6.54 Å². The maximum Gasteiger partial charge on any atom is 0.129 e. The standard InChI is InChI=1S/C14H20BrNO/c1-2-16(12-5-3-4-6-12)10-11-7-8-14(17)13(15)9-11/h7-9,12,17H,2-6,10H2,1H3. The highest BCUT2D eigenvalue weighted by atomic mass is 79.9. The molecule has 3 heteroatoms. The predicted octanol–water partition coefficient (Wildman–Crippen LogP) is 3.92. The minimum Gasteiger partial charge on any atom is -0.507 e. The number of hydrogen-bond acceptors (Lipinski definition) is 2. The molecule has 0 saturated heterocycles. The van der Waals surface area contributed by atoms with Crippen LogP contribution in [0.25, 0.3) is 0 Å². The highest BCUT2D eigenvalue weighted by molar-refractivity contribution is 9.10. The van der Waals surface area contributed by atoms with Crippen molar-refractivity contribution in [1.82, 2.24) is 4.90 Å². The molecule has 0 radical (unpaired) electrons. The molecule has 2 rings (SSSR count). The van der Waals surface area contributed by atoms with E-state index in [-0.39, 0.29) is 0 Å². The largest absolute Gasteiger partial charge is 0.507 e. The van der Waals surface area contributed by atoms with Gasteiger partial charge in [0.1, 0.15) is 5.75 Å². The van der Waals surface area contributed by atoms with E-state index in [9.17, 15) is 5.11 Å². The summed E-state index contributed by atoms with van der Waals surface area (Å²) in [7, 11) is 0. The summed E-state index contributed by atoms with van der Waals surface area (Å²) >= 11 is 3.37. The summed E-state index contributed by atoms with van der Waals surface area (Å²) in [6, 6.07) is 6.56. The zero-order chi connectivity index (χ0) is 12.3. The molecule has 1 fully saturated rings. The van der Waals surface area contributed by atoms with Crippen LogP contribution >= 0.6 is 15.9 Å². The second kappa shape index (κ2) is 5.87. The first-order valence-electron chi connectivity index (χ1n) is 6.42. The van der Waals surface area contributed by atoms with Crippen LogP contribution in [0.3, 0.4) is 0 Å². The van der Waals surface area contributed by atoms with Crippen LogP contribution in [0.15, 0.2) is 22.7 Å². The topological polar surface area (TPSA) is 23.5 Å². The van der Waals surface area contributed by atoms with Crippen LogP contribution in [0.1, 0.15) is 38.2 Å². The zero-order valence-electron chi connectivity index (χ0n) is 10.3. The van der Waals surface area contributed by atoms with Gasteiger partial charge in [-0.1, -0.05) is 25.8 Å². The van der Waals surface area contributed by atoms with Gasteiger partial charge in [0.25, 0.3) is 0 Å². The fourth-order valence-corrected chi connectivity index (χ4v) is 3.08. The van der Waals surface area contributed by atoms with Crippen molar-refractivity contribution < 1.29 is 5.11 Å². The third-order valence-corrected chi connectivity index (χ3v) is 4.28. The van der Waals surface area contributed by atoms with Crippen molar-refractivity contribution >= 4 is 15.9 Å². The molecular weight excluding hydrogens is 278 g/mol. The highest BCUT2D eigenvalue weighted by Gasteiger charge is 2.21. The predicted molar refractivity (Wildman–Crippen MR) is 74.1 cm³/mol. The molecule has 0 spiro atoms. The Morgan fingerprint density at radius 1 is 1.35 bits per heavy atom. The van der Waals surface area contributed by atoms with Crippen LogP contribution in [0.2, 0.25) is 0 Å². The number of phenolic OH excluding ortho intramolecular Hbond substituents is 1. The number of rotatable bonds is 4. The Balaban J connectivity index is 2.04. The van der Waals surface area contributed by atoms with Crippen LogP contribution < -0.4 is 0 Å². The molecule has 1 aliphatic rings. The van der Waals surface area contributed by atoms with E-state index in [0.29, 0.717) is 5.75 Å². The fraction of sp³-hybridized carbons (Fsp3) is 0.571. The molecule has 0 heterocycles. The minimum absolute atomic E-state index is 0.317. The molecule has 1 aliphatic carbocycles. The molecule has 94 valence electrons. The average Bonchev–Trinajstić information content (AvgIpc) is 2.84. The first-order chi connectivity index (χ1) is 8.20. The minimum atomic E-state index is 0.317. The van der Waals surface area contributed by atoms with E-state index in [1.807, 2.05) is 12.1 Å². The molecule has 1 aromatic carbocycles. The van der Waals surface area contributed by atoms with Gasteiger partial charge in [-0.25, -0.2) is 0 Å². The van der Waals surface area contributed by atoms with Gasteiger partial charge < -0.3 is 5.11 Å². The molecule has 1 aromatic rings. The summed E-state index contributed by atoms with van der Waals surface area (Å²) in [4.78, 5) is 2.55. The van der Waals surface area contributed by atoms with Gasteiger partial charge in [-0.15, -0.1) is 0 Å². The van der Waals surface area contributed by atoms with E-state index in [1.54, 1.807) is 6.07 Å². The fourth-order valence-electron chi connectivity index (χ4n) is 2.65. The maximum absolute atomic E-state index is 9.49. The summed E-state index contributed by atoms with van der Waals surface area (Å²) < 4.78 is 0.789. The second-order valence-corrected chi connectivity index (χ2v) is 5.64. The lowest BCUT2D eigenvalue weighted by Gasteiger charge is -2.27. The Kier molecular flexibility index (Phi) is 4.46. The van der Waals surface area contributed by atoms with Crippen molar-refractivity contribution in [1.29, 1.82) is 0 Å². The summed E-state index contributed by atoms with van der Waals surface area (Å²) in [6.07, 6.45) is 5.43. The number of benzene rings is 1. The Labute approximate surface area is 112 Å². The molecule has 0 aliphatic heterocycles. The van der Waals surface area contributed by atoms with E-state index in [1.165, 1.54) is 31.2 Å². The molecule has 0 amide bonds. The summed E-state index contributed by atoms with van der Waals surface area (Å²) in [6.45, 7) is 4.32. The monoisotopic (exact) mass is 297 g/mol. The third kappa shape index (κ3) is 3.23. The van der Waals surface area contributed by atoms with E-state index in [4.69, 9.17) is 0 Å². The quantitative estimate of drug-likeness (QED) is 0.910. The van der Waals surface area contributed by atoms with Gasteiger partial charge in [0, 0.05) is 12.6 Å². The van der Waals surface area contributed by atoms with Gasteiger partial charge in [-0.3, -0.25) is 4.90 Å². The van der Waals surface area contributed by atoms with E-state index in [2.05, 4.69) is 27.8 Å². The van der Waals surface area contributed by atoms with Crippen LogP contribution in [-0.2, 0) is 6.54 Å². The Morgan fingerprint density at radius 3 is 2.65 bits per heavy atom. The van der Waals surface area contributed by atoms with Crippen molar-refractivity contribution in [3.8, 4) is 5.75 Å². The molecule has 17 heavy (non-hydrogen) atoms. The van der Waals surface area contributed by atoms with E-state index >= 15 is 0 Å². The van der Waals surface area contributed by atoms with Crippen LogP contribution in [-0.4, -0.2) is 22.6 Å². The first kappa shape index (κ1) is 12.9. The van der Waals surface area contributed by atoms with E-state index in [0.717, 1.165) is 23.6 Å². The number of aromatic hydroxyl groups is 1. The third-order valence-electron chi connectivity index (χ3n) is 3.65. The van der Waals surface area contributed by atoms with Gasteiger partial charge in [0.15, 0.2) is 0 Å². The number of nitrogens with zero attached hydrogens (tertiary/aromatic N) is 1. The van der Waals surface area contributed by atoms with Crippen LogP contribution in [0.5, 0.6) is 5.75 Å². The van der Waals surface area contributed by atoms with Crippen LogP contribution in [0.4, 0.5) is 0 Å². The molecule has 1 saturated carbocycles. The van der Waals surface area contributed by atoms with Gasteiger partial charge in [0.05, 0.1) is 4.47 Å². The Hall–Kier alpha value is -0.540. The molecule has 0 atom stereocenters. The molecule has 0 bridgehead atoms. The number of phenols is 1. The van der Waals surface area contributed by atoms with Crippen molar-refractivity contribution in [3.05, 3.63) is 28.2 Å². The summed E-state index contributed by atoms with van der Waals surface area (Å²) in [5.41, 5.74) is 1.27. The summed E-state index contributed by atoms with van der Waals surface area (Å²) in [5.74, 6) is 0.317. The molecule has 0 aromatic heterocycles. The lowest BCUT2D eigenvalue weighted by Crippen LogP contribution is -2.32. The van der Waals surface area contributed by atoms with Crippen molar-refractivity contribution in [3.63, 3.8) is 0 Å². The van der Waals surface area contributed by atoms with Crippen molar-refractivity contribution in [2.24, 2.45) is 0 Å². The Bertz CT molecular complexity index is 374. The number of halogens is 1. The van der Waals surface area contributed by atoms with Gasteiger partial charge in [-0.05, 0) is 53.0 Å². The SMILES string of the molecule is CCN(Cc1ccc(O)c(Br)c1)C1CCCC1. The first-order valence-corrected chi connectivity index (χ1v) is 7.21. The maximum atomic E-state index is 9.49. The van der Waals surface area contributed by atoms with Gasteiger partial charge in [-0.2, -0.15) is 0 Å². The lowest BCUT2D eigenvalue weighted by molar-refractivity contribution is 0.200. The van der Waals surface area contributed by atoms with Gasteiger partial charge >= 0.3 is 0 Å². The summed E-state index contributed by atoms with van der Waals surface area (Å²) in [5, 5.41) is 9.49. The lowest BCUT2D eigenvalue weighted by atomic mass is 10.1. The molecule has 0 unspecified atom stereocenters. The smallest absolute Gasteiger partial charge is 0.129 e. The van der Waals surface area contributed by atoms with Crippen LogP contribution in [0, 0.1) is 0 Å². The number of hydrogen-bond donors (Lipinski definition) is 1. The van der Waals surface area contributed by atoms with Gasteiger partial charge in [0.2, 0.25) is 0 Å². The highest BCUT2D eigenvalue weighted by Crippen LogP contribution is 2.27. The Morgan fingerprint density at radius 2 is 2.06 bits per heavy atom. The molecule has 2 nitrogen and oxygen atoms in total. The average molecular weight is 298 g/mol. The zero-order valence-corrected chi connectivity index (χ0v) is 11.9. The second-order valence-electron chi connectivity index (χ2n) is 4.79.